The van der Waals surface area contributed by atoms with E-state index in [-0.39, 0.29) is 0 Å². The Hall–Kier alpha value is -0.200. The molecule has 1 N–H and O–H groups in total. The summed E-state index contributed by atoms with van der Waals surface area (Å²) in [6.07, 6.45) is 5.93. The van der Waals surface area contributed by atoms with Gasteiger partial charge < -0.3 is 9.84 Å². The fourth-order valence-electron chi connectivity index (χ4n) is 3.30. The highest BCUT2D eigenvalue weighted by atomic mass is 32.2. The molecule has 0 amide bonds. The predicted molar refractivity (Wildman–Crippen MR) is 90.1 cm³/mol. The van der Waals surface area contributed by atoms with E-state index >= 15 is 0 Å². The van der Waals surface area contributed by atoms with Crippen molar-refractivity contribution >= 4 is 23.5 Å². The van der Waals surface area contributed by atoms with Gasteiger partial charge >= 0.3 is 0 Å². The minimum absolute atomic E-state index is 0.417. The van der Waals surface area contributed by atoms with Gasteiger partial charge in [0.05, 0.1) is 5.25 Å². The zero-order valence-electron chi connectivity index (χ0n) is 12.9. The molecular formula is C15H25N3OS2. The number of hydrogen-bond donors (Lipinski definition) is 1. The van der Waals surface area contributed by atoms with Crippen LogP contribution in [0.4, 0.5) is 0 Å². The lowest BCUT2D eigenvalue weighted by atomic mass is 9.86. The van der Waals surface area contributed by atoms with Crippen LogP contribution in [-0.2, 0) is 0 Å². The molecule has 0 bridgehead atoms. The third-order valence-corrected chi connectivity index (χ3v) is 7.89. The van der Waals surface area contributed by atoms with Crippen molar-refractivity contribution < 1.29 is 4.52 Å². The Morgan fingerprint density at radius 3 is 2.67 bits per heavy atom. The zero-order chi connectivity index (χ0) is 14.7. The second-order valence-electron chi connectivity index (χ2n) is 5.94. The molecule has 2 heterocycles. The van der Waals surface area contributed by atoms with E-state index in [1.54, 1.807) is 0 Å². The highest BCUT2D eigenvalue weighted by Gasteiger charge is 2.32. The number of nitrogens with one attached hydrogen (secondary N) is 1. The van der Waals surface area contributed by atoms with Crippen molar-refractivity contribution in [2.24, 2.45) is 0 Å². The molecule has 1 aliphatic carbocycles. The van der Waals surface area contributed by atoms with Gasteiger partial charge in [0, 0.05) is 28.7 Å². The molecule has 1 aliphatic heterocycles. The van der Waals surface area contributed by atoms with E-state index in [0.717, 1.165) is 24.6 Å². The quantitative estimate of drug-likeness (QED) is 0.911. The van der Waals surface area contributed by atoms with Crippen LogP contribution in [0.3, 0.4) is 0 Å². The second kappa shape index (κ2) is 7.38. The number of hydrogen-bond acceptors (Lipinski definition) is 6. The molecule has 2 unspecified atom stereocenters. The Morgan fingerprint density at radius 1 is 1.19 bits per heavy atom. The monoisotopic (exact) mass is 327 g/mol. The van der Waals surface area contributed by atoms with Crippen molar-refractivity contribution in [2.45, 2.75) is 61.5 Å². The van der Waals surface area contributed by atoms with Crippen molar-refractivity contribution in [2.75, 3.05) is 18.6 Å². The molecule has 6 heteroatoms. The van der Waals surface area contributed by atoms with Crippen LogP contribution in [0.1, 0.15) is 61.9 Å². The zero-order valence-corrected chi connectivity index (χ0v) is 14.5. The lowest BCUT2D eigenvalue weighted by molar-refractivity contribution is 0.287. The molecule has 1 saturated heterocycles. The Bertz CT molecular complexity index is 446. The maximum atomic E-state index is 5.61. The second-order valence-corrected chi connectivity index (χ2v) is 8.53. The first kappa shape index (κ1) is 15.7. The largest absolute Gasteiger partial charge is 0.339 e. The van der Waals surface area contributed by atoms with Gasteiger partial charge in [0.25, 0.3) is 0 Å². The van der Waals surface area contributed by atoms with Crippen LogP contribution in [0.25, 0.3) is 0 Å². The van der Waals surface area contributed by atoms with Gasteiger partial charge in [-0.05, 0) is 39.2 Å². The molecule has 118 valence electrons. The molecule has 1 aromatic heterocycles. The fourth-order valence-corrected chi connectivity index (χ4v) is 6.28. The summed E-state index contributed by atoms with van der Waals surface area (Å²) in [5.74, 6) is 4.73. The Morgan fingerprint density at radius 2 is 1.95 bits per heavy atom. The number of nitrogens with zero attached hydrogens (tertiary/aromatic N) is 2. The van der Waals surface area contributed by atoms with Crippen LogP contribution in [0.2, 0.25) is 0 Å². The summed E-state index contributed by atoms with van der Waals surface area (Å²) in [5.41, 5.74) is 0. The Kier molecular flexibility index (Phi) is 5.51. The molecule has 0 aromatic carbocycles. The summed E-state index contributed by atoms with van der Waals surface area (Å²) in [6, 6.07) is 0.665. The molecule has 1 aromatic rings. The van der Waals surface area contributed by atoms with Crippen LogP contribution >= 0.6 is 23.5 Å². The minimum Gasteiger partial charge on any atom is -0.339 e. The van der Waals surface area contributed by atoms with E-state index in [9.17, 15) is 0 Å². The van der Waals surface area contributed by atoms with Gasteiger partial charge in [-0.15, -0.1) is 11.8 Å². The number of rotatable bonds is 4. The fraction of sp³-hybridized carbons (Fsp3) is 0.867. The maximum Gasteiger partial charge on any atom is 0.229 e. The molecule has 21 heavy (non-hydrogen) atoms. The molecule has 4 nitrogen and oxygen atoms in total. The molecule has 3 rings (SSSR count). The van der Waals surface area contributed by atoms with Gasteiger partial charge in [0.1, 0.15) is 0 Å². The van der Waals surface area contributed by atoms with Crippen molar-refractivity contribution in [3.05, 3.63) is 11.7 Å². The molecule has 2 atom stereocenters. The topological polar surface area (TPSA) is 51.0 Å². The normalized spacial score (nSPS) is 34.0. The smallest absolute Gasteiger partial charge is 0.229 e. The Labute approximate surface area is 135 Å². The van der Waals surface area contributed by atoms with Gasteiger partial charge in [-0.1, -0.05) is 12.1 Å². The summed E-state index contributed by atoms with van der Waals surface area (Å²) in [4.78, 5) is 4.77. The van der Waals surface area contributed by atoms with Crippen molar-refractivity contribution in [3.8, 4) is 0 Å². The molecular weight excluding hydrogens is 302 g/mol. The van der Waals surface area contributed by atoms with E-state index in [1.165, 1.54) is 30.8 Å². The van der Waals surface area contributed by atoms with Gasteiger partial charge in [0.2, 0.25) is 5.89 Å². The van der Waals surface area contributed by atoms with Crippen LogP contribution in [-0.4, -0.2) is 40.0 Å². The first-order chi connectivity index (χ1) is 10.3. The highest BCUT2D eigenvalue weighted by molar-refractivity contribution is 8.06. The standard InChI is InChI=1S/C15H25N3OS2/c1-3-12-13(21-9-8-20-12)14-17-15(19-18-14)10-4-6-11(16-2)7-5-10/h10-13,16H,3-9H2,1-2H3. The highest BCUT2D eigenvalue weighted by Crippen LogP contribution is 2.43. The van der Waals surface area contributed by atoms with Crippen LogP contribution < -0.4 is 5.32 Å². The van der Waals surface area contributed by atoms with E-state index in [0.29, 0.717) is 22.5 Å². The first-order valence-corrected chi connectivity index (χ1v) is 10.2. The summed E-state index contributed by atoms with van der Waals surface area (Å²) in [5, 5.41) is 8.74. The molecule has 0 spiro atoms. The van der Waals surface area contributed by atoms with Crippen molar-refractivity contribution in [1.29, 1.82) is 0 Å². The Balaban J connectivity index is 1.66. The molecule has 2 aliphatic rings. The summed E-state index contributed by atoms with van der Waals surface area (Å²) < 4.78 is 5.61. The van der Waals surface area contributed by atoms with Gasteiger partial charge in [-0.25, -0.2) is 0 Å². The number of aromatic nitrogens is 2. The number of thioether (sulfide) groups is 2. The summed E-state index contributed by atoms with van der Waals surface area (Å²) in [7, 11) is 2.05. The van der Waals surface area contributed by atoms with E-state index in [4.69, 9.17) is 9.51 Å². The summed E-state index contributed by atoms with van der Waals surface area (Å²) >= 11 is 4.06. The van der Waals surface area contributed by atoms with Crippen molar-refractivity contribution in [1.82, 2.24) is 15.5 Å². The lowest BCUT2D eigenvalue weighted by Crippen LogP contribution is -2.29. The average molecular weight is 328 g/mol. The molecule has 0 radical (unpaired) electrons. The van der Waals surface area contributed by atoms with Gasteiger partial charge in [-0.3, -0.25) is 0 Å². The molecule has 2 fully saturated rings. The molecule has 1 saturated carbocycles. The van der Waals surface area contributed by atoms with E-state index in [2.05, 4.69) is 36.2 Å². The van der Waals surface area contributed by atoms with E-state index in [1.807, 2.05) is 11.8 Å². The van der Waals surface area contributed by atoms with E-state index < -0.39 is 0 Å². The van der Waals surface area contributed by atoms with Gasteiger partial charge in [0.15, 0.2) is 5.82 Å². The summed E-state index contributed by atoms with van der Waals surface area (Å²) in [6.45, 7) is 2.26. The van der Waals surface area contributed by atoms with Gasteiger partial charge in [-0.2, -0.15) is 16.7 Å². The first-order valence-electron chi connectivity index (χ1n) is 8.05. The van der Waals surface area contributed by atoms with Crippen molar-refractivity contribution in [3.63, 3.8) is 0 Å². The lowest BCUT2D eigenvalue weighted by Gasteiger charge is -2.27. The average Bonchev–Trinajstić information content (AvgIpc) is 3.04. The van der Waals surface area contributed by atoms with Crippen LogP contribution in [0.5, 0.6) is 0 Å². The van der Waals surface area contributed by atoms with Crippen LogP contribution in [0, 0.1) is 0 Å². The predicted octanol–water partition coefficient (Wildman–Crippen LogP) is 3.61. The van der Waals surface area contributed by atoms with Crippen LogP contribution in [0.15, 0.2) is 4.52 Å². The third kappa shape index (κ3) is 3.59. The SMILES string of the molecule is CCC1SCCSC1c1noc(C2CCC(NC)CC2)n1. The minimum atomic E-state index is 0.417. The third-order valence-electron chi connectivity index (χ3n) is 4.65. The maximum absolute atomic E-state index is 5.61.